The van der Waals surface area contributed by atoms with E-state index in [2.05, 4.69) is 4.90 Å². The largest absolute Gasteiger partial charge is 0.444 e. The average molecular weight is 361 g/mol. The third kappa shape index (κ3) is 4.33. The van der Waals surface area contributed by atoms with Crippen molar-refractivity contribution in [3.8, 4) is 0 Å². The van der Waals surface area contributed by atoms with Gasteiger partial charge in [0.05, 0.1) is 4.92 Å². The first-order chi connectivity index (χ1) is 12.2. The van der Waals surface area contributed by atoms with Crippen molar-refractivity contribution in [3.63, 3.8) is 0 Å². The van der Waals surface area contributed by atoms with Crippen LogP contribution >= 0.6 is 0 Å². The Labute approximate surface area is 154 Å². The predicted octanol–water partition coefficient (Wildman–Crippen LogP) is 3.39. The number of amides is 1. The molecule has 1 aromatic rings. The molecule has 0 bridgehead atoms. The summed E-state index contributed by atoms with van der Waals surface area (Å²) in [6.07, 6.45) is 1.86. The van der Waals surface area contributed by atoms with E-state index in [-0.39, 0.29) is 16.7 Å². The van der Waals surface area contributed by atoms with Crippen LogP contribution in [0.2, 0.25) is 0 Å². The van der Waals surface area contributed by atoms with E-state index in [4.69, 9.17) is 4.74 Å². The topological polar surface area (TPSA) is 75.9 Å². The van der Waals surface area contributed by atoms with Crippen molar-refractivity contribution in [2.45, 2.75) is 51.2 Å². The number of ether oxygens (including phenoxy) is 1. The highest BCUT2D eigenvalue weighted by Crippen LogP contribution is 2.31. The lowest BCUT2D eigenvalue weighted by Crippen LogP contribution is -2.62. The maximum absolute atomic E-state index is 12.0. The fourth-order valence-electron chi connectivity index (χ4n) is 3.63. The number of rotatable bonds is 3. The highest BCUT2D eigenvalue weighted by Gasteiger charge is 2.38. The van der Waals surface area contributed by atoms with Gasteiger partial charge in [-0.25, -0.2) is 4.79 Å². The van der Waals surface area contributed by atoms with Gasteiger partial charge >= 0.3 is 6.09 Å². The molecule has 2 saturated heterocycles. The SMILES string of the molecule is CC(C)(C)OC(=O)N1CC(N2CCC(c3ccc([N+](=O)[O-])cc3)CC2)C1. The second-order valence-corrected chi connectivity index (χ2v) is 8.20. The van der Waals surface area contributed by atoms with Crippen LogP contribution in [0.4, 0.5) is 10.5 Å². The normalized spacial score (nSPS) is 19.9. The van der Waals surface area contributed by atoms with E-state index in [9.17, 15) is 14.9 Å². The van der Waals surface area contributed by atoms with E-state index in [0.717, 1.165) is 39.0 Å². The number of non-ortho nitro benzene ring substituents is 1. The lowest BCUT2D eigenvalue weighted by Gasteiger charge is -2.47. The van der Waals surface area contributed by atoms with Gasteiger partial charge in [-0.05, 0) is 58.2 Å². The zero-order valence-electron chi connectivity index (χ0n) is 15.7. The number of piperidine rings is 1. The van der Waals surface area contributed by atoms with Crippen molar-refractivity contribution in [2.24, 2.45) is 0 Å². The van der Waals surface area contributed by atoms with Gasteiger partial charge in [-0.2, -0.15) is 0 Å². The third-order valence-electron chi connectivity index (χ3n) is 5.14. The summed E-state index contributed by atoms with van der Waals surface area (Å²) in [5, 5.41) is 10.8. The summed E-state index contributed by atoms with van der Waals surface area (Å²) in [6.45, 7) is 9.10. The lowest BCUT2D eigenvalue weighted by molar-refractivity contribution is -0.384. The zero-order valence-corrected chi connectivity index (χ0v) is 15.7. The second-order valence-electron chi connectivity index (χ2n) is 8.20. The van der Waals surface area contributed by atoms with Gasteiger partial charge in [-0.3, -0.25) is 15.0 Å². The minimum absolute atomic E-state index is 0.142. The number of likely N-dealkylation sites (tertiary alicyclic amines) is 2. The molecule has 142 valence electrons. The second kappa shape index (κ2) is 7.23. The Balaban J connectivity index is 1.45. The molecule has 0 unspecified atom stereocenters. The molecular weight excluding hydrogens is 334 g/mol. The van der Waals surface area contributed by atoms with Crippen LogP contribution in [0.5, 0.6) is 0 Å². The monoisotopic (exact) mass is 361 g/mol. The number of benzene rings is 1. The molecule has 7 heteroatoms. The molecule has 0 atom stereocenters. The predicted molar refractivity (Wildman–Crippen MR) is 98.2 cm³/mol. The van der Waals surface area contributed by atoms with Gasteiger partial charge < -0.3 is 9.64 Å². The van der Waals surface area contributed by atoms with Crippen LogP contribution in [0.15, 0.2) is 24.3 Å². The molecule has 0 N–H and O–H groups in total. The third-order valence-corrected chi connectivity index (χ3v) is 5.14. The Morgan fingerprint density at radius 3 is 2.23 bits per heavy atom. The molecule has 2 heterocycles. The highest BCUT2D eigenvalue weighted by molar-refractivity contribution is 5.69. The van der Waals surface area contributed by atoms with E-state index in [1.807, 2.05) is 32.9 Å². The van der Waals surface area contributed by atoms with Crippen molar-refractivity contribution in [2.75, 3.05) is 26.2 Å². The highest BCUT2D eigenvalue weighted by atomic mass is 16.6. The summed E-state index contributed by atoms with van der Waals surface area (Å²) in [7, 11) is 0. The van der Waals surface area contributed by atoms with Crippen molar-refractivity contribution < 1.29 is 14.5 Å². The van der Waals surface area contributed by atoms with Crippen LogP contribution in [-0.2, 0) is 4.74 Å². The summed E-state index contributed by atoms with van der Waals surface area (Å²) in [4.78, 5) is 26.6. The van der Waals surface area contributed by atoms with Gasteiger partial charge in [0.15, 0.2) is 0 Å². The van der Waals surface area contributed by atoms with Crippen molar-refractivity contribution >= 4 is 11.8 Å². The van der Waals surface area contributed by atoms with Gasteiger partial charge in [-0.15, -0.1) is 0 Å². The molecule has 1 aromatic carbocycles. The number of carbonyl (C=O) groups excluding carboxylic acids is 1. The van der Waals surface area contributed by atoms with Crippen molar-refractivity contribution in [1.29, 1.82) is 0 Å². The van der Waals surface area contributed by atoms with Gasteiger partial charge in [0.1, 0.15) is 5.60 Å². The molecule has 0 spiro atoms. The van der Waals surface area contributed by atoms with E-state index >= 15 is 0 Å². The molecular formula is C19H27N3O4. The van der Waals surface area contributed by atoms with Gasteiger partial charge in [0, 0.05) is 31.3 Å². The Hall–Kier alpha value is -2.15. The van der Waals surface area contributed by atoms with Crippen molar-refractivity contribution in [1.82, 2.24) is 9.80 Å². The Morgan fingerprint density at radius 1 is 1.15 bits per heavy atom. The summed E-state index contributed by atoms with van der Waals surface area (Å²) >= 11 is 0. The fraction of sp³-hybridized carbons (Fsp3) is 0.632. The molecule has 7 nitrogen and oxygen atoms in total. The molecule has 0 aromatic heterocycles. The Kier molecular flexibility index (Phi) is 5.18. The van der Waals surface area contributed by atoms with Crippen LogP contribution in [0.1, 0.15) is 45.1 Å². The molecule has 2 fully saturated rings. The number of hydrogen-bond acceptors (Lipinski definition) is 5. The van der Waals surface area contributed by atoms with Gasteiger partial charge in [0.2, 0.25) is 0 Å². The Morgan fingerprint density at radius 2 is 1.73 bits per heavy atom. The number of nitro benzene ring substituents is 1. The van der Waals surface area contributed by atoms with Gasteiger partial charge in [0.25, 0.3) is 5.69 Å². The number of hydrogen-bond donors (Lipinski definition) is 0. The molecule has 3 rings (SSSR count). The summed E-state index contributed by atoms with van der Waals surface area (Å²) < 4.78 is 5.40. The maximum atomic E-state index is 12.0. The summed E-state index contributed by atoms with van der Waals surface area (Å²) in [5.74, 6) is 0.453. The maximum Gasteiger partial charge on any atom is 0.410 e. The molecule has 2 aliphatic heterocycles. The van der Waals surface area contributed by atoms with Crippen LogP contribution < -0.4 is 0 Å². The van der Waals surface area contributed by atoms with E-state index in [1.165, 1.54) is 5.56 Å². The van der Waals surface area contributed by atoms with Gasteiger partial charge in [-0.1, -0.05) is 12.1 Å². The minimum atomic E-state index is -0.453. The molecule has 0 aliphatic carbocycles. The van der Waals surface area contributed by atoms with Crippen LogP contribution in [0, 0.1) is 10.1 Å². The fourth-order valence-corrected chi connectivity index (χ4v) is 3.63. The first kappa shape index (κ1) is 18.6. The standard InChI is InChI=1S/C19H27N3O4/c1-19(2,3)26-18(23)21-12-17(13-21)20-10-8-15(9-11-20)14-4-6-16(7-5-14)22(24)25/h4-7,15,17H,8-13H2,1-3H3. The number of nitro groups is 1. The molecule has 26 heavy (non-hydrogen) atoms. The quantitative estimate of drug-likeness (QED) is 0.609. The summed E-state index contributed by atoms with van der Waals surface area (Å²) in [6, 6.07) is 7.36. The first-order valence-corrected chi connectivity index (χ1v) is 9.19. The molecule has 2 aliphatic rings. The lowest BCUT2D eigenvalue weighted by atomic mass is 9.88. The number of carbonyl (C=O) groups is 1. The summed E-state index contributed by atoms with van der Waals surface area (Å²) in [5.41, 5.74) is 0.868. The smallest absolute Gasteiger partial charge is 0.410 e. The van der Waals surface area contributed by atoms with E-state index < -0.39 is 5.60 Å². The first-order valence-electron chi connectivity index (χ1n) is 9.19. The van der Waals surface area contributed by atoms with Crippen molar-refractivity contribution in [3.05, 3.63) is 39.9 Å². The van der Waals surface area contributed by atoms with E-state index in [0.29, 0.717) is 12.0 Å². The Bertz CT molecular complexity index is 654. The van der Waals surface area contributed by atoms with E-state index in [1.54, 1.807) is 17.0 Å². The van der Waals surface area contributed by atoms with Crippen LogP contribution in [-0.4, -0.2) is 58.6 Å². The average Bonchev–Trinajstić information content (AvgIpc) is 2.52. The van der Waals surface area contributed by atoms with Crippen LogP contribution in [0.25, 0.3) is 0 Å². The number of nitrogens with zero attached hydrogens (tertiary/aromatic N) is 3. The molecule has 1 amide bonds. The minimum Gasteiger partial charge on any atom is -0.444 e. The zero-order chi connectivity index (χ0) is 18.9. The van der Waals surface area contributed by atoms with Crippen LogP contribution in [0.3, 0.4) is 0 Å². The molecule has 0 saturated carbocycles. The molecule has 0 radical (unpaired) electrons.